The van der Waals surface area contributed by atoms with Crippen molar-refractivity contribution >= 4 is 11.7 Å². The lowest BCUT2D eigenvalue weighted by molar-refractivity contribution is -0.0169. The Kier molecular flexibility index (Phi) is 4.40. The highest BCUT2D eigenvalue weighted by atomic mass is 16.5. The van der Waals surface area contributed by atoms with Gasteiger partial charge in [0.1, 0.15) is 6.26 Å². The Morgan fingerprint density at radius 2 is 2.12 bits per heavy atom. The molecule has 0 N–H and O–H groups in total. The normalized spacial score (nSPS) is 23.9. The number of ether oxygens (including phenoxy) is 1. The van der Waals surface area contributed by atoms with E-state index in [-0.39, 0.29) is 12.0 Å². The molecule has 2 atom stereocenters. The van der Waals surface area contributed by atoms with Crippen molar-refractivity contribution in [3.05, 3.63) is 42.0 Å². The van der Waals surface area contributed by atoms with Crippen molar-refractivity contribution in [2.45, 2.75) is 19.4 Å². The van der Waals surface area contributed by atoms with Crippen LogP contribution < -0.4 is 4.90 Å². The van der Waals surface area contributed by atoms with Gasteiger partial charge in [-0.05, 0) is 31.5 Å². The summed E-state index contributed by atoms with van der Waals surface area (Å²) in [6.07, 6.45) is 4.01. The van der Waals surface area contributed by atoms with E-state index in [2.05, 4.69) is 15.1 Å². The molecule has 7 nitrogen and oxygen atoms in total. The number of carbonyl (C=O) groups excluding carboxylic acids is 1. The summed E-state index contributed by atoms with van der Waals surface area (Å²) in [5, 5.41) is 8.46. The number of rotatable bonds is 2. The van der Waals surface area contributed by atoms with Crippen molar-refractivity contribution in [1.82, 2.24) is 15.1 Å². The number of hydrogen-bond donors (Lipinski definition) is 0. The van der Waals surface area contributed by atoms with E-state index in [4.69, 9.17) is 9.15 Å². The van der Waals surface area contributed by atoms with Gasteiger partial charge < -0.3 is 19.0 Å². The van der Waals surface area contributed by atoms with Crippen LogP contribution in [0.25, 0.3) is 0 Å². The second-order valence-electron chi connectivity index (χ2n) is 6.70. The van der Waals surface area contributed by atoms with Crippen LogP contribution in [0.2, 0.25) is 0 Å². The minimum atomic E-state index is 0.0151. The Hall–Kier alpha value is -2.41. The third-order valence-electron chi connectivity index (χ3n) is 5.01. The standard InChI is InChI=1S/C18H22N4O3/c1-13-2-3-17(20-19-13)21-7-9-25-16-11-22(6-4-14(16)10-21)18(23)15-5-8-24-12-15/h2-3,5,8,12,14,16H,4,6-7,9-11H2,1H3/t14-,16+/m1/s1. The molecule has 2 aromatic heterocycles. The maximum Gasteiger partial charge on any atom is 0.257 e. The smallest absolute Gasteiger partial charge is 0.257 e. The second-order valence-corrected chi connectivity index (χ2v) is 6.70. The molecule has 1 amide bonds. The molecule has 2 fully saturated rings. The molecule has 0 saturated carbocycles. The number of likely N-dealkylation sites (tertiary alicyclic amines) is 1. The molecule has 0 aromatic carbocycles. The van der Waals surface area contributed by atoms with E-state index < -0.39 is 0 Å². The van der Waals surface area contributed by atoms with Crippen LogP contribution in [0.3, 0.4) is 0 Å². The summed E-state index contributed by atoms with van der Waals surface area (Å²) < 4.78 is 11.1. The van der Waals surface area contributed by atoms with Gasteiger partial charge in [0, 0.05) is 32.1 Å². The Labute approximate surface area is 146 Å². The molecule has 7 heteroatoms. The van der Waals surface area contributed by atoms with Gasteiger partial charge in [0.15, 0.2) is 5.82 Å². The van der Waals surface area contributed by atoms with Crippen molar-refractivity contribution in [2.75, 3.05) is 37.7 Å². The zero-order valence-corrected chi connectivity index (χ0v) is 14.3. The first-order valence-corrected chi connectivity index (χ1v) is 8.69. The van der Waals surface area contributed by atoms with E-state index in [9.17, 15) is 4.79 Å². The molecule has 2 aromatic rings. The van der Waals surface area contributed by atoms with Crippen molar-refractivity contribution < 1.29 is 13.9 Å². The van der Waals surface area contributed by atoms with Gasteiger partial charge in [-0.3, -0.25) is 4.79 Å². The summed E-state index contributed by atoms with van der Waals surface area (Å²) in [6.45, 7) is 5.61. The topological polar surface area (TPSA) is 71.7 Å². The van der Waals surface area contributed by atoms with Crippen molar-refractivity contribution in [3.8, 4) is 0 Å². The molecule has 0 spiro atoms. The monoisotopic (exact) mass is 342 g/mol. The first-order valence-electron chi connectivity index (χ1n) is 8.69. The van der Waals surface area contributed by atoms with E-state index in [0.717, 1.165) is 37.6 Å². The third kappa shape index (κ3) is 3.37. The maximum absolute atomic E-state index is 12.5. The number of aryl methyl sites for hydroxylation is 1. The number of furan rings is 1. The summed E-state index contributed by atoms with van der Waals surface area (Å²) in [4.78, 5) is 16.6. The molecule has 132 valence electrons. The first-order chi connectivity index (χ1) is 12.2. The van der Waals surface area contributed by atoms with Gasteiger partial charge in [-0.1, -0.05) is 0 Å². The molecule has 2 saturated heterocycles. The Morgan fingerprint density at radius 3 is 2.88 bits per heavy atom. The molecule has 0 radical (unpaired) electrons. The number of carbonyl (C=O) groups is 1. The molecule has 2 aliphatic heterocycles. The Balaban J connectivity index is 1.43. The molecular formula is C18H22N4O3. The van der Waals surface area contributed by atoms with E-state index >= 15 is 0 Å². The summed E-state index contributed by atoms with van der Waals surface area (Å²) >= 11 is 0. The minimum absolute atomic E-state index is 0.0151. The lowest BCUT2D eigenvalue weighted by Gasteiger charge is -2.37. The van der Waals surface area contributed by atoms with Gasteiger partial charge >= 0.3 is 0 Å². The molecule has 2 aliphatic rings. The van der Waals surface area contributed by atoms with Crippen LogP contribution in [0, 0.1) is 12.8 Å². The lowest BCUT2D eigenvalue weighted by atomic mass is 9.93. The van der Waals surface area contributed by atoms with Crippen LogP contribution in [-0.4, -0.2) is 59.9 Å². The molecule has 25 heavy (non-hydrogen) atoms. The molecular weight excluding hydrogens is 320 g/mol. The van der Waals surface area contributed by atoms with Gasteiger partial charge in [-0.15, -0.1) is 5.10 Å². The summed E-state index contributed by atoms with van der Waals surface area (Å²) in [7, 11) is 0. The molecule has 4 heterocycles. The quantitative estimate of drug-likeness (QED) is 0.828. The summed E-state index contributed by atoms with van der Waals surface area (Å²) in [5.41, 5.74) is 1.52. The highest BCUT2D eigenvalue weighted by Gasteiger charge is 2.35. The van der Waals surface area contributed by atoms with E-state index in [0.29, 0.717) is 24.6 Å². The van der Waals surface area contributed by atoms with Crippen molar-refractivity contribution in [2.24, 2.45) is 5.92 Å². The summed E-state index contributed by atoms with van der Waals surface area (Å²) in [6, 6.07) is 5.71. The molecule has 4 rings (SSSR count). The zero-order chi connectivity index (χ0) is 17.2. The Morgan fingerprint density at radius 1 is 1.20 bits per heavy atom. The van der Waals surface area contributed by atoms with Gasteiger partial charge in [0.05, 0.1) is 30.2 Å². The Bertz CT molecular complexity index is 716. The van der Waals surface area contributed by atoms with Crippen LogP contribution in [0.15, 0.2) is 35.1 Å². The molecule has 0 unspecified atom stereocenters. The SMILES string of the molecule is Cc1ccc(N2CCO[C@H]3CN(C(=O)c4ccoc4)CC[C@@H]3C2)nn1. The predicted molar refractivity (Wildman–Crippen MR) is 91.4 cm³/mol. The molecule has 0 bridgehead atoms. The first kappa shape index (κ1) is 16.1. The third-order valence-corrected chi connectivity index (χ3v) is 5.01. The highest BCUT2D eigenvalue weighted by molar-refractivity contribution is 5.93. The van der Waals surface area contributed by atoms with Gasteiger partial charge in [-0.2, -0.15) is 5.10 Å². The fourth-order valence-corrected chi connectivity index (χ4v) is 3.57. The summed E-state index contributed by atoms with van der Waals surface area (Å²) in [5.74, 6) is 1.30. The maximum atomic E-state index is 12.5. The minimum Gasteiger partial charge on any atom is -0.472 e. The van der Waals surface area contributed by atoms with E-state index in [1.807, 2.05) is 24.0 Å². The lowest BCUT2D eigenvalue weighted by Crippen LogP contribution is -2.49. The number of fused-ring (bicyclic) bond motifs is 1. The fourth-order valence-electron chi connectivity index (χ4n) is 3.57. The second kappa shape index (κ2) is 6.84. The number of aromatic nitrogens is 2. The molecule has 0 aliphatic carbocycles. The number of anilines is 1. The predicted octanol–water partition coefficient (Wildman–Crippen LogP) is 1.75. The van der Waals surface area contributed by atoms with Crippen molar-refractivity contribution in [1.29, 1.82) is 0 Å². The average Bonchev–Trinajstić information content (AvgIpc) is 3.08. The number of hydrogen-bond acceptors (Lipinski definition) is 6. The fraction of sp³-hybridized carbons (Fsp3) is 0.500. The van der Waals surface area contributed by atoms with E-state index in [1.54, 1.807) is 6.07 Å². The van der Waals surface area contributed by atoms with E-state index in [1.165, 1.54) is 12.5 Å². The highest BCUT2D eigenvalue weighted by Crippen LogP contribution is 2.27. The van der Waals surface area contributed by atoms with Gasteiger partial charge in [0.2, 0.25) is 0 Å². The number of nitrogens with zero attached hydrogens (tertiary/aromatic N) is 4. The van der Waals surface area contributed by atoms with Crippen LogP contribution in [0.5, 0.6) is 0 Å². The van der Waals surface area contributed by atoms with Crippen LogP contribution in [-0.2, 0) is 4.74 Å². The van der Waals surface area contributed by atoms with Gasteiger partial charge in [0.25, 0.3) is 5.91 Å². The van der Waals surface area contributed by atoms with Crippen LogP contribution >= 0.6 is 0 Å². The van der Waals surface area contributed by atoms with Gasteiger partial charge in [-0.25, -0.2) is 0 Å². The van der Waals surface area contributed by atoms with Crippen LogP contribution in [0.4, 0.5) is 5.82 Å². The number of amides is 1. The zero-order valence-electron chi connectivity index (χ0n) is 14.3. The van der Waals surface area contributed by atoms with Crippen LogP contribution in [0.1, 0.15) is 22.5 Å². The van der Waals surface area contributed by atoms with Crippen molar-refractivity contribution in [3.63, 3.8) is 0 Å². The average molecular weight is 342 g/mol. The number of piperidine rings is 1. The largest absolute Gasteiger partial charge is 0.472 e.